The fraction of sp³-hybridized carbons (Fsp3) is 0.0769. The summed E-state index contributed by atoms with van der Waals surface area (Å²) in [6.45, 7) is 0. The summed E-state index contributed by atoms with van der Waals surface area (Å²) in [6, 6.07) is 7.25. The van der Waals surface area contributed by atoms with Crippen molar-refractivity contribution in [2.75, 3.05) is 11.8 Å². The summed E-state index contributed by atoms with van der Waals surface area (Å²) >= 11 is 0.810. The molecule has 114 valence electrons. The molecule has 9 heteroatoms. The zero-order valence-electron chi connectivity index (χ0n) is 11.2. The predicted octanol–water partition coefficient (Wildman–Crippen LogP) is 2.13. The SMILES string of the molecule is COc1ccc(C#N)cc1NS(=O)(=O)c1csc(C(=O)O)c1. The first-order chi connectivity index (χ1) is 10.4. The summed E-state index contributed by atoms with van der Waals surface area (Å²) in [5, 5.41) is 18.9. The molecule has 2 aromatic rings. The van der Waals surface area contributed by atoms with E-state index in [1.807, 2.05) is 6.07 Å². The van der Waals surface area contributed by atoms with Crippen LogP contribution < -0.4 is 9.46 Å². The van der Waals surface area contributed by atoms with Crippen LogP contribution in [0.3, 0.4) is 0 Å². The number of carboxylic acid groups (broad SMARTS) is 1. The molecule has 1 heterocycles. The first kappa shape index (κ1) is 15.8. The molecule has 0 aliphatic rings. The molecule has 0 fully saturated rings. The second kappa shape index (κ2) is 6.05. The number of nitrogens with one attached hydrogen (secondary N) is 1. The van der Waals surface area contributed by atoms with Gasteiger partial charge in [-0.3, -0.25) is 4.72 Å². The molecule has 2 rings (SSSR count). The smallest absolute Gasteiger partial charge is 0.345 e. The molecule has 2 N–H and O–H groups in total. The van der Waals surface area contributed by atoms with Crippen molar-refractivity contribution >= 4 is 33.0 Å². The number of benzene rings is 1. The minimum atomic E-state index is -3.98. The normalized spacial score (nSPS) is 10.7. The summed E-state index contributed by atoms with van der Waals surface area (Å²) in [6.07, 6.45) is 0. The second-order valence-corrected chi connectivity index (χ2v) is 6.68. The van der Waals surface area contributed by atoms with Gasteiger partial charge in [0.15, 0.2) is 0 Å². The van der Waals surface area contributed by atoms with Gasteiger partial charge in [0.1, 0.15) is 10.6 Å². The number of nitrogens with zero attached hydrogens (tertiary/aromatic N) is 1. The first-order valence-electron chi connectivity index (χ1n) is 5.80. The van der Waals surface area contributed by atoms with E-state index >= 15 is 0 Å². The fourth-order valence-corrected chi connectivity index (χ4v) is 3.81. The number of sulfonamides is 1. The molecule has 0 amide bonds. The van der Waals surface area contributed by atoms with Gasteiger partial charge in [-0.05, 0) is 24.3 Å². The van der Waals surface area contributed by atoms with E-state index in [1.165, 1.54) is 30.7 Å². The number of thiophene rings is 1. The van der Waals surface area contributed by atoms with Crippen LogP contribution in [0.5, 0.6) is 5.75 Å². The summed E-state index contributed by atoms with van der Waals surface area (Å²) in [5.74, 6) is -0.952. The molecule has 1 aromatic carbocycles. The topological polar surface area (TPSA) is 116 Å². The quantitative estimate of drug-likeness (QED) is 0.862. The van der Waals surface area contributed by atoms with Gasteiger partial charge in [-0.25, -0.2) is 13.2 Å². The Hall–Kier alpha value is -2.57. The van der Waals surface area contributed by atoms with Crippen molar-refractivity contribution in [2.24, 2.45) is 0 Å². The van der Waals surface area contributed by atoms with Gasteiger partial charge >= 0.3 is 5.97 Å². The standard InChI is InChI=1S/C13H10N2O5S2/c1-20-11-3-2-8(6-14)4-10(11)15-22(18,19)9-5-12(13(16)17)21-7-9/h2-5,7,15H,1H3,(H,16,17). The minimum absolute atomic E-state index is 0.0851. The Labute approximate surface area is 130 Å². The van der Waals surface area contributed by atoms with Crippen LogP contribution in [0.1, 0.15) is 15.2 Å². The van der Waals surface area contributed by atoms with Gasteiger partial charge in [-0.2, -0.15) is 5.26 Å². The summed E-state index contributed by atoms with van der Waals surface area (Å²) in [5.41, 5.74) is 0.361. The van der Waals surface area contributed by atoms with E-state index in [0.717, 1.165) is 17.4 Å². The monoisotopic (exact) mass is 338 g/mol. The number of hydrogen-bond donors (Lipinski definition) is 2. The van der Waals surface area contributed by atoms with Gasteiger partial charge in [-0.1, -0.05) is 0 Å². The molecule has 0 unspecified atom stereocenters. The zero-order valence-corrected chi connectivity index (χ0v) is 12.9. The highest BCUT2D eigenvalue weighted by Gasteiger charge is 2.20. The molecule has 0 saturated heterocycles. The van der Waals surface area contributed by atoms with Crippen molar-refractivity contribution in [1.29, 1.82) is 5.26 Å². The first-order valence-corrected chi connectivity index (χ1v) is 8.16. The minimum Gasteiger partial charge on any atom is -0.495 e. The number of nitriles is 1. The van der Waals surface area contributed by atoms with E-state index in [0.29, 0.717) is 0 Å². The van der Waals surface area contributed by atoms with Gasteiger partial charge in [0.05, 0.1) is 29.3 Å². The Morgan fingerprint density at radius 1 is 1.41 bits per heavy atom. The van der Waals surface area contributed by atoms with E-state index in [4.69, 9.17) is 15.1 Å². The number of carboxylic acids is 1. The van der Waals surface area contributed by atoms with Crippen molar-refractivity contribution in [3.05, 3.63) is 40.1 Å². The molecule has 0 spiro atoms. The number of ether oxygens (including phenoxy) is 1. The highest BCUT2D eigenvalue weighted by Crippen LogP contribution is 2.29. The average molecular weight is 338 g/mol. The predicted molar refractivity (Wildman–Crippen MR) is 79.8 cm³/mol. The van der Waals surface area contributed by atoms with Crippen molar-refractivity contribution in [3.8, 4) is 11.8 Å². The molecule has 1 aromatic heterocycles. The molecular weight excluding hydrogens is 328 g/mol. The Balaban J connectivity index is 2.40. The molecule has 0 aliphatic heterocycles. The lowest BCUT2D eigenvalue weighted by Gasteiger charge is -2.11. The van der Waals surface area contributed by atoms with E-state index in [-0.39, 0.29) is 26.8 Å². The van der Waals surface area contributed by atoms with Crippen molar-refractivity contribution in [3.63, 3.8) is 0 Å². The number of anilines is 1. The third-order valence-electron chi connectivity index (χ3n) is 2.67. The lowest BCUT2D eigenvalue weighted by molar-refractivity contribution is 0.0702. The van der Waals surface area contributed by atoms with E-state index < -0.39 is 16.0 Å². The fourth-order valence-electron chi connectivity index (χ4n) is 1.63. The largest absolute Gasteiger partial charge is 0.495 e. The Morgan fingerprint density at radius 2 is 2.14 bits per heavy atom. The number of carbonyl (C=O) groups is 1. The van der Waals surface area contributed by atoms with Gasteiger partial charge in [0, 0.05) is 5.38 Å². The Bertz CT molecular complexity index is 865. The van der Waals surface area contributed by atoms with Crippen LogP contribution in [0.4, 0.5) is 5.69 Å². The maximum Gasteiger partial charge on any atom is 0.345 e. The summed E-state index contributed by atoms with van der Waals surface area (Å²) in [7, 11) is -2.61. The molecule has 0 radical (unpaired) electrons. The average Bonchev–Trinajstić information content (AvgIpc) is 2.97. The molecule has 7 nitrogen and oxygen atoms in total. The van der Waals surface area contributed by atoms with Crippen LogP contribution in [-0.4, -0.2) is 26.6 Å². The highest BCUT2D eigenvalue weighted by atomic mass is 32.2. The summed E-state index contributed by atoms with van der Waals surface area (Å²) in [4.78, 5) is 10.6. The number of rotatable bonds is 5. The van der Waals surface area contributed by atoms with Crippen LogP contribution in [0, 0.1) is 11.3 Å². The lowest BCUT2D eigenvalue weighted by Crippen LogP contribution is -2.13. The summed E-state index contributed by atoms with van der Waals surface area (Å²) < 4.78 is 31.9. The number of hydrogen-bond acceptors (Lipinski definition) is 6. The van der Waals surface area contributed by atoms with Crippen LogP contribution in [0.15, 0.2) is 34.5 Å². The lowest BCUT2D eigenvalue weighted by atomic mass is 10.2. The van der Waals surface area contributed by atoms with Crippen molar-refractivity contribution < 1.29 is 23.1 Å². The highest BCUT2D eigenvalue weighted by molar-refractivity contribution is 7.92. The maximum atomic E-state index is 12.3. The number of methoxy groups -OCH3 is 1. The van der Waals surface area contributed by atoms with Crippen molar-refractivity contribution in [2.45, 2.75) is 4.90 Å². The second-order valence-electron chi connectivity index (χ2n) is 4.08. The molecule has 0 atom stereocenters. The third-order valence-corrected chi connectivity index (χ3v) is 5.08. The van der Waals surface area contributed by atoms with E-state index in [9.17, 15) is 13.2 Å². The van der Waals surface area contributed by atoms with E-state index in [1.54, 1.807) is 0 Å². The van der Waals surface area contributed by atoms with Gasteiger partial charge < -0.3 is 9.84 Å². The van der Waals surface area contributed by atoms with Crippen LogP contribution >= 0.6 is 11.3 Å². The van der Waals surface area contributed by atoms with Crippen LogP contribution in [0.25, 0.3) is 0 Å². The van der Waals surface area contributed by atoms with Gasteiger partial charge in [0.2, 0.25) is 0 Å². The number of aromatic carboxylic acids is 1. The Morgan fingerprint density at radius 3 is 2.68 bits per heavy atom. The van der Waals surface area contributed by atoms with Gasteiger partial charge in [0.25, 0.3) is 10.0 Å². The maximum absolute atomic E-state index is 12.3. The van der Waals surface area contributed by atoms with E-state index in [2.05, 4.69) is 4.72 Å². The molecule has 22 heavy (non-hydrogen) atoms. The Kier molecular flexibility index (Phi) is 4.35. The molecular formula is C13H10N2O5S2. The molecule has 0 saturated carbocycles. The van der Waals surface area contributed by atoms with Crippen LogP contribution in [0.2, 0.25) is 0 Å². The van der Waals surface area contributed by atoms with Crippen molar-refractivity contribution in [1.82, 2.24) is 0 Å². The van der Waals surface area contributed by atoms with Gasteiger partial charge in [-0.15, -0.1) is 11.3 Å². The molecule has 0 bridgehead atoms. The zero-order chi connectivity index (χ0) is 16.3. The third kappa shape index (κ3) is 3.19. The molecule has 0 aliphatic carbocycles. The van der Waals surface area contributed by atoms with Crippen LogP contribution in [-0.2, 0) is 10.0 Å².